The van der Waals surface area contributed by atoms with Crippen molar-refractivity contribution in [2.24, 2.45) is 0 Å². The predicted octanol–water partition coefficient (Wildman–Crippen LogP) is 2.79. The Labute approximate surface area is 119 Å². The lowest BCUT2D eigenvalue weighted by Crippen LogP contribution is -2.33. The standard InChI is InChI=1S/C15H21NO2S/c1-15(6-3-7-16-15)11-4-5-13(14(8-11)17-2)18-12-9-19-10-12/h4-5,8,12,16H,3,6-7,9-10H2,1-2H3. The van der Waals surface area contributed by atoms with E-state index in [9.17, 15) is 0 Å². The third-order valence-corrected chi connectivity index (χ3v) is 5.29. The van der Waals surface area contributed by atoms with E-state index in [0.717, 1.165) is 29.5 Å². The Morgan fingerprint density at radius 2 is 2.16 bits per heavy atom. The highest BCUT2D eigenvalue weighted by molar-refractivity contribution is 8.00. The molecule has 1 N–H and O–H groups in total. The molecule has 3 rings (SSSR count). The van der Waals surface area contributed by atoms with Crippen molar-refractivity contribution in [3.63, 3.8) is 0 Å². The monoisotopic (exact) mass is 279 g/mol. The lowest BCUT2D eigenvalue weighted by Gasteiger charge is -2.29. The second kappa shape index (κ2) is 5.25. The van der Waals surface area contributed by atoms with Crippen LogP contribution in [0, 0.1) is 0 Å². The lowest BCUT2D eigenvalue weighted by molar-refractivity contribution is 0.228. The molecule has 2 heterocycles. The van der Waals surface area contributed by atoms with Crippen LogP contribution in [0.2, 0.25) is 0 Å². The minimum atomic E-state index is 0.0815. The quantitative estimate of drug-likeness (QED) is 0.918. The number of ether oxygens (including phenoxy) is 2. The van der Waals surface area contributed by atoms with E-state index in [4.69, 9.17) is 9.47 Å². The maximum absolute atomic E-state index is 5.96. The molecule has 0 saturated carbocycles. The normalized spacial score (nSPS) is 27.1. The number of benzene rings is 1. The Morgan fingerprint density at radius 1 is 1.32 bits per heavy atom. The number of nitrogens with one attached hydrogen (secondary N) is 1. The Morgan fingerprint density at radius 3 is 2.74 bits per heavy atom. The van der Waals surface area contributed by atoms with Crippen molar-refractivity contribution in [1.82, 2.24) is 5.32 Å². The molecule has 4 heteroatoms. The van der Waals surface area contributed by atoms with Crippen LogP contribution in [0.25, 0.3) is 0 Å². The fourth-order valence-corrected chi connectivity index (χ4v) is 3.28. The Bertz CT molecular complexity index is 453. The van der Waals surface area contributed by atoms with Crippen LogP contribution in [0.1, 0.15) is 25.3 Å². The van der Waals surface area contributed by atoms with Crippen molar-refractivity contribution < 1.29 is 9.47 Å². The first-order chi connectivity index (χ1) is 9.21. The van der Waals surface area contributed by atoms with Gasteiger partial charge in [-0.15, -0.1) is 0 Å². The minimum absolute atomic E-state index is 0.0815. The molecule has 19 heavy (non-hydrogen) atoms. The molecule has 0 amide bonds. The van der Waals surface area contributed by atoms with Gasteiger partial charge >= 0.3 is 0 Å². The van der Waals surface area contributed by atoms with Crippen molar-refractivity contribution >= 4 is 11.8 Å². The maximum atomic E-state index is 5.96. The van der Waals surface area contributed by atoms with Crippen molar-refractivity contribution in [2.75, 3.05) is 25.2 Å². The number of hydrogen-bond acceptors (Lipinski definition) is 4. The summed E-state index contributed by atoms with van der Waals surface area (Å²) in [6, 6.07) is 6.35. The van der Waals surface area contributed by atoms with Crippen LogP contribution in [0.4, 0.5) is 0 Å². The van der Waals surface area contributed by atoms with Crippen molar-refractivity contribution in [1.29, 1.82) is 0 Å². The molecule has 0 aliphatic carbocycles. The number of thioether (sulfide) groups is 1. The number of methoxy groups -OCH3 is 1. The van der Waals surface area contributed by atoms with Crippen molar-refractivity contribution in [2.45, 2.75) is 31.4 Å². The third kappa shape index (κ3) is 2.56. The summed E-state index contributed by atoms with van der Waals surface area (Å²) in [5.74, 6) is 3.90. The van der Waals surface area contributed by atoms with Crippen molar-refractivity contribution in [3.05, 3.63) is 23.8 Å². The van der Waals surface area contributed by atoms with Crippen LogP contribution >= 0.6 is 11.8 Å². The van der Waals surface area contributed by atoms with Crippen LogP contribution in [0.3, 0.4) is 0 Å². The van der Waals surface area contributed by atoms with Gasteiger partial charge in [0.1, 0.15) is 6.10 Å². The highest BCUT2D eigenvalue weighted by Crippen LogP contribution is 2.37. The van der Waals surface area contributed by atoms with Crippen LogP contribution in [0.5, 0.6) is 11.5 Å². The fraction of sp³-hybridized carbons (Fsp3) is 0.600. The first kappa shape index (κ1) is 13.1. The van der Waals surface area contributed by atoms with Gasteiger partial charge in [0.25, 0.3) is 0 Å². The molecule has 0 bridgehead atoms. The van der Waals surface area contributed by atoms with Crippen LogP contribution in [-0.2, 0) is 5.54 Å². The SMILES string of the molecule is COc1cc(C2(C)CCCN2)ccc1OC1CSC1. The summed E-state index contributed by atoms with van der Waals surface area (Å²) in [5, 5.41) is 3.58. The molecule has 1 atom stereocenters. The molecule has 0 spiro atoms. The molecule has 0 aromatic heterocycles. The molecule has 1 unspecified atom stereocenters. The van der Waals surface area contributed by atoms with E-state index >= 15 is 0 Å². The van der Waals surface area contributed by atoms with Gasteiger partial charge in [-0.1, -0.05) is 6.07 Å². The van der Waals surface area contributed by atoms with E-state index < -0.39 is 0 Å². The molecule has 2 saturated heterocycles. The zero-order valence-corrected chi connectivity index (χ0v) is 12.4. The Hall–Kier alpha value is -0.870. The second-order valence-corrected chi connectivity index (χ2v) is 6.58. The minimum Gasteiger partial charge on any atom is -0.493 e. The van der Waals surface area contributed by atoms with Gasteiger partial charge in [0.15, 0.2) is 11.5 Å². The molecule has 3 nitrogen and oxygen atoms in total. The van der Waals surface area contributed by atoms with Crippen LogP contribution in [0.15, 0.2) is 18.2 Å². The molecule has 2 aliphatic heterocycles. The summed E-state index contributed by atoms with van der Waals surface area (Å²) in [7, 11) is 1.71. The second-order valence-electron chi connectivity index (χ2n) is 5.51. The van der Waals surface area contributed by atoms with Gasteiger partial charge in [-0.2, -0.15) is 11.8 Å². The Kier molecular flexibility index (Phi) is 3.63. The largest absolute Gasteiger partial charge is 0.493 e. The van der Waals surface area contributed by atoms with Gasteiger partial charge in [-0.25, -0.2) is 0 Å². The van der Waals surface area contributed by atoms with Gasteiger partial charge in [0.05, 0.1) is 7.11 Å². The first-order valence-electron chi connectivity index (χ1n) is 6.89. The van der Waals surface area contributed by atoms with Gasteiger partial charge in [0, 0.05) is 17.0 Å². The third-order valence-electron chi connectivity index (χ3n) is 4.07. The smallest absolute Gasteiger partial charge is 0.161 e. The fourth-order valence-electron chi connectivity index (χ4n) is 2.71. The molecular weight excluding hydrogens is 258 g/mol. The topological polar surface area (TPSA) is 30.5 Å². The van der Waals surface area contributed by atoms with E-state index in [1.54, 1.807) is 7.11 Å². The summed E-state index contributed by atoms with van der Waals surface area (Å²) < 4.78 is 11.5. The van der Waals surface area contributed by atoms with Gasteiger partial charge in [0.2, 0.25) is 0 Å². The number of hydrogen-bond donors (Lipinski definition) is 1. The lowest BCUT2D eigenvalue weighted by atomic mass is 9.90. The van der Waals surface area contributed by atoms with E-state index in [1.165, 1.54) is 18.4 Å². The van der Waals surface area contributed by atoms with Crippen LogP contribution in [-0.4, -0.2) is 31.3 Å². The zero-order chi connectivity index (χ0) is 13.3. The molecule has 2 aliphatic rings. The average molecular weight is 279 g/mol. The summed E-state index contributed by atoms with van der Waals surface area (Å²) in [6.07, 6.45) is 2.76. The highest BCUT2D eigenvalue weighted by atomic mass is 32.2. The predicted molar refractivity (Wildman–Crippen MR) is 79.3 cm³/mol. The molecule has 2 fully saturated rings. The number of rotatable bonds is 4. The maximum Gasteiger partial charge on any atom is 0.161 e. The van der Waals surface area contributed by atoms with Crippen LogP contribution < -0.4 is 14.8 Å². The Balaban J connectivity index is 1.83. The summed E-state index contributed by atoms with van der Waals surface area (Å²) in [5.41, 5.74) is 1.37. The highest BCUT2D eigenvalue weighted by Gasteiger charge is 2.31. The molecule has 0 radical (unpaired) electrons. The van der Waals surface area contributed by atoms with E-state index in [0.29, 0.717) is 6.10 Å². The zero-order valence-electron chi connectivity index (χ0n) is 11.6. The van der Waals surface area contributed by atoms with E-state index in [-0.39, 0.29) is 5.54 Å². The van der Waals surface area contributed by atoms with Crippen molar-refractivity contribution in [3.8, 4) is 11.5 Å². The van der Waals surface area contributed by atoms with E-state index in [1.807, 2.05) is 11.8 Å². The molecular formula is C15H21NO2S. The average Bonchev–Trinajstić information content (AvgIpc) is 2.82. The first-order valence-corrected chi connectivity index (χ1v) is 8.05. The summed E-state index contributed by atoms with van der Waals surface area (Å²) >= 11 is 1.92. The molecule has 104 valence electrons. The van der Waals surface area contributed by atoms with Gasteiger partial charge < -0.3 is 14.8 Å². The molecule has 1 aromatic carbocycles. The van der Waals surface area contributed by atoms with Gasteiger partial charge in [-0.3, -0.25) is 0 Å². The van der Waals surface area contributed by atoms with Gasteiger partial charge in [-0.05, 0) is 44.0 Å². The summed E-state index contributed by atoms with van der Waals surface area (Å²) in [4.78, 5) is 0. The summed E-state index contributed by atoms with van der Waals surface area (Å²) in [6.45, 7) is 3.36. The molecule has 1 aromatic rings. The van der Waals surface area contributed by atoms with E-state index in [2.05, 4.69) is 30.4 Å².